The molecule has 1 fully saturated rings. The van der Waals surface area contributed by atoms with E-state index in [-0.39, 0.29) is 5.60 Å². The van der Waals surface area contributed by atoms with Gasteiger partial charge in [-0.05, 0) is 46.1 Å². The van der Waals surface area contributed by atoms with Gasteiger partial charge in [0.2, 0.25) is 0 Å². The van der Waals surface area contributed by atoms with Crippen LogP contribution in [0.4, 0.5) is 0 Å². The van der Waals surface area contributed by atoms with Crippen molar-refractivity contribution in [2.75, 3.05) is 13.7 Å². The number of hydrogen-bond acceptors (Lipinski definition) is 2. The van der Waals surface area contributed by atoms with E-state index in [0.717, 1.165) is 13.0 Å². The summed E-state index contributed by atoms with van der Waals surface area (Å²) in [5, 5.41) is 3.52. The second-order valence-corrected chi connectivity index (χ2v) is 5.47. The number of likely N-dealkylation sites (N-methyl/N-ethyl adjacent to an activating group) is 1. The zero-order valence-electron chi connectivity index (χ0n) is 12.3. The standard InChI is InChI=1S/C16H31NO/c1-4-6-9-12-15(17-3)16(18-5-2)13-10-7-8-11-14-16/h4,15,17H,1,5-14H2,2-3H3. The van der Waals surface area contributed by atoms with E-state index in [0.29, 0.717) is 6.04 Å². The average Bonchev–Trinajstić information content (AvgIpc) is 2.62. The van der Waals surface area contributed by atoms with Gasteiger partial charge in [0.15, 0.2) is 0 Å². The number of rotatable bonds is 8. The zero-order chi connectivity index (χ0) is 13.3. The minimum Gasteiger partial charge on any atom is -0.374 e. The second kappa shape index (κ2) is 8.71. The number of unbranched alkanes of at least 4 members (excludes halogenated alkanes) is 1. The first-order chi connectivity index (χ1) is 8.79. The lowest BCUT2D eigenvalue weighted by Crippen LogP contribution is -2.51. The van der Waals surface area contributed by atoms with Crippen molar-refractivity contribution in [1.82, 2.24) is 5.32 Å². The molecule has 0 heterocycles. The topological polar surface area (TPSA) is 21.3 Å². The van der Waals surface area contributed by atoms with E-state index in [9.17, 15) is 0 Å². The van der Waals surface area contributed by atoms with Crippen molar-refractivity contribution in [1.29, 1.82) is 0 Å². The van der Waals surface area contributed by atoms with Crippen LogP contribution in [0.5, 0.6) is 0 Å². The lowest BCUT2D eigenvalue weighted by molar-refractivity contribution is -0.0773. The molecule has 0 aromatic carbocycles. The molecule has 2 heteroatoms. The molecular formula is C16H31NO. The summed E-state index contributed by atoms with van der Waals surface area (Å²) in [5.74, 6) is 0. The Kier molecular flexibility index (Phi) is 7.60. The minimum atomic E-state index is 0.0845. The molecule has 2 nitrogen and oxygen atoms in total. The maximum absolute atomic E-state index is 6.25. The highest BCUT2D eigenvalue weighted by atomic mass is 16.5. The Bertz CT molecular complexity index is 219. The molecule has 18 heavy (non-hydrogen) atoms. The van der Waals surface area contributed by atoms with Crippen LogP contribution in [0.25, 0.3) is 0 Å². The number of allylic oxidation sites excluding steroid dienone is 1. The average molecular weight is 253 g/mol. The van der Waals surface area contributed by atoms with E-state index in [1.807, 2.05) is 6.08 Å². The quantitative estimate of drug-likeness (QED) is 0.400. The largest absolute Gasteiger partial charge is 0.374 e. The van der Waals surface area contributed by atoms with Crippen LogP contribution in [-0.4, -0.2) is 25.3 Å². The van der Waals surface area contributed by atoms with Crippen LogP contribution in [0, 0.1) is 0 Å². The van der Waals surface area contributed by atoms with Crippen molar-refractivity contribution in [2.45, 2.75) is 76.4 Å². The van der Waals surface area contributed by atoms with Crippen LogP contribution in [0.3, 0.4) is 0 Å². The molecule has 0 spiro atoms. The highest BCUT2D eigenvalue weighted by Crippen LogP contribution is 2.35. The molecule has 1 unspecified atom stereocenters. The van der Waals surface area contributed by atoms with Crippen molar-refractivity contribution in [2.24, 2.45) is 0 Å². The second-order valence-electron chi connectivity index (χ2n) is 5.47. The highest BCUT2D eigenvalue weighted by Gasteiger charge is 2.38. The van der Waals surface area contributed by atoms with Gasteiger partial charge in [-0.2, -0.15) is 0 Å². The number of ether oxygens (including phenoxy) is 1. The molecule has 1 saturated carbocycles. The normalized spacial score (nSPS) is 21.2. The Hall–Kier alpha value is -0.340. The molecule has 1 rings (SSSR count). The molecular weight excluding hydrogens is 222 g/mol. The molecule has 0 bridgehead atoms. The van der Waals surface area contributed by atoms with Gasteiger partial charge in [-0.25, -0.2) is 0 Å². The van der Waals surface area contributed by atoms with Crippen LogP contribution in [0.1, 0.15) is 64.7 Å². The first kappa shape index (κ1) is 15.7. The van der Waals surface area contributed by atoms with E-state index in [2.05, 4.69) is 25.9 Å². The van der Waals surface area contributed by atoms with E-state index >= 15 is 0 Å². The third-order valence-electron chi connectivity index (χ3n) is 4.27. The van der Waals surface area contributed by atoms with Gasteiger partial charge in [-0.3, -0.25) is 0 Å². The molecule has 0 aromatic heterocycles. The lowest BCUT2D eigenvalue weighted by Gasteiger charge is -2.40. The van der Waals surface area contributed by atoms with Gasteiger partial charge in [0.1, 0.15) is 0 Å². The Labute approximate surface area is 113 Å². The minimum absolute atomic E-state index is 0.0845. The first-order valence-corrected chi connectivity index (χ1v) is 7.71. The summed E-state index contributed by atoms with van der Waals surface area (Å²) in [6.07, 6.45) is 13.4. The fourth-order valence-electron chi connectivity index (χ4n) is 3.34. The van der Waals surface area contributed by atoms with Gasteiger partial charge in [0, 0.05) is 12.6 Å². The molecule has 0 aliphatic heterocycles. The molecule has 1 N–H and O–H groups in total. The highest BCUT2D eigenvalue weighted by molar-refractivity contribution is 4.94. The summed E-state index contributed by atoms with van der Waals surface area (Å²) in [6, 6.07) is 0.496. The molecule has 0 saturated heterocycles. The van der Waals surface area contributed by atoms with Crippen LogP contribution in [0.15, 0.2) is 12.7 Å². The van der Waals surface area contributed by atoms with Crippen molar-refractivity contribution < 1.29 is 4.74 Å². The third kappa shape index (κ3) is 4.40. The summed E-state index contributed by atoms with van der Waals surface area (Å²) < 4.78 is 6.25. The smallest absolute Gasteiger partial charge is 0.0834 e. The van der Waals surface area contributed by atoms with Gasteiger partial charge in [-0.1, -0.05) is 31.8 Å². The summed E-state index contributed by atoms with van der Waals surface area (Å²) in [7, 11) is 2.09. The van der Waals surface area contributed by atoms with E-state index in [4.69, 9.17) is 4.74 Å². The molecule has 0 aromatic rings. The maximum atomic E-state index is 6.25. The fourth-order valence-corrected chi connectivity index (χ4v) is 3.34. The Morgan fingerprint density at radius 1 is 1.28 bits per heavy atom. The lowest BCUT2D eigenvalue weighted by atomic mass is 9.83. The van der Waals surface area contributed by atoms with Crippen molar-refractivity contribution in [3.05, 3.63) is 12.7 Å². The van der Waals surface area contributed by atoms with Crippen LogP contribution < -0.4 is 5.32 Å². The molecule has 106 valence electrons. The number of nitrogens with one attached hydrogen (secondary N) is 1. The van der Waals surface area contributed by atoms with E-state index < -0.39 is 0 Å². The summed E-state index contributed by atoms with van der Waals surface area (Å²) in [4.78, 5) is 0. The van der Waals surface area contributed by atoms with Gasteiger partial charge in [0.05, 0.1) is 5.60 Å². The monoisotopic (exact) mass is 253 g/mol. The van der Waals surface area contributed by atoms with E-state index in [1.54, 1.807) is 0 Å². The molecule has 0 amide bonds. The molecule has 1 aliphatic rings. The van der Waals surface area contributed by atoms with Crippen LogP contribution in [-0.2, 0) is 4.74 Å². The predicted octanol–water partition coefficient (Wildman–Crippen LogP) is 4.06. The predicted molar refractivity (Wildman–Crippen MR) is 79.0 cm³/mol. The Morgan fingerprint density at radius 3 is 2.44 bits per heavy atom. The van der Waals surface area contributed by atoms with Crippen LogP contribution >= 0.6 is 0 Å². The molecule has 1 aliphatic carbocycles. The van der Waals surface area contributed by atoms with E-state index in [1.165, 1.54) is 51.4 Å². The van der Waals surface area contributed by atoms with Gasteiger partial charge in [0.25, 0.3) is 0 Å². The van der Waals surface area contributed by atoms with Crippen molar-refractivity contribution in [3.8, 4) is 0 Å². The summed E-state index contributed by atoms with van der Waals surface area (Å²) in [5.41, 5.74) is 0.0845. The summed E-state index contributed by atoms with van der Waals surface area (Å²) in [6.45, 7) is 6.77. The first-order valence-electron chi connectivity index (χ1n) is 7.71. The van der Waals surface area contributed by atoms with Gasteiger partial charge >= 0.3 is 0 Å². The van der Waals surface area contributed by atoms with Crippen molar-refractivity contribution >= 4 is 0 Å². The fraction of sp³-hybridized carbons (Fsp3) is 0.875. The van der Waals surface area contributed by atoms with Crippen LogP contribution in [0.2, 0.25) is 0 Å². The third-order valence-corrected chi connectivity index (χ3v) is 4.27. The maximum Gasteiger partial charge on any atom is 0.0834 e. The SMILES string of the molecule is C=CCCCC(NC)C1(OCC)CCCCCC1. The van der Waals surface area contributed by atoms with Gasteiger partial charge in [-0.15, -0.1) is 6.58 Å². The van der Waals surface area contributed by atoms with Gasteiger partial charge < -0.3 is 10.1 Å². The zero-order valence-corrected chi connectivity index (χ0v) is 12.3. The number of hydrogen-bond donors (Lipinski definition) is 1. The molecule has 0 radical (unpaired) electrons. The summed E-state index contributed by atoms with van der Waals surface area (Å²) >= 11 is 0. The Morgan fingerprint density at radius 2 is 1.94 bits per heavy atom. The van der Waals surface area contributed by atoms with Crippen molar-refractivity contribution in [3.63, 3.8) is 0 Å². The Balaban J connectivity index is 2.67. The molecule has 1 atom stereocenters.